The fourth-order valence-corrected chi connectivity index (χ4v) is 3.64. The first-order valence-electron chi connectivity index (χ1n) is 8.16. The molecule has 9 heteroatoms. The lowest BCUT2D eigenvalue weighted by molar-refractivity contribution is 0.520. The van der Waals surface area contributed by atoms with Gasteiger partial charge in [0.2, 0.25) is 10.0 Å². The maximum absolute atomic E-state index is 12.7. The van der Waals surface area contributed by atoms with Gasteiger partial charge in [0, 0.05) is 20.1 Å². The van der Waals surface area contributed by atoms with Crippen LogP contribution in [0.4, 0.5) is 0 Å². The third-order valence-electron chi connectivity index (χ3n) is 4.10. The molecule has 0 aliphatic heterocycles. The van der Waals surface area contributed by atoms with Gasteiger partial charge in [-0.1, -0.05) is 12.1 Å². The maximum atomic E-state index is 12.7. The van der Waals surface area contributed by atoms with Crippen molar-refractivity contribution < 1.29 is 8.42 Å². The van der Waals surface area contributed by atoms with Crippen LogP contribution in [0, 0.1) is 0 Å². The quantitative estimate of drug-likeness (QED) is 0.674. The Balaban J connectivity index is 2.00. The second kappa shape index (κ2) is 6.65. The largest absolute Gasteiger partial charge is 0.294 e. The van der Waals surface area contributed by atoms with Crippen LogP contribution >= 0.6 is 0 Å². The monoisotopic (exact) mass is 375 g/mol. The molecule has 0 saturated carbocycles. The highest BCUT2D eigenvalue weighted by molar-refractivity contribution is 7.89. The molecule has 0 atom stereocenters. The Morgan fingerprint density at radius 3 is 2.62 bits per heavy atom. The van der Waals surface area contributed by atoms with Gasteiger partial charge in [-0.25, -0.2) is 22.4 Å². The second-order valence-electron chi connectivity index (χ2n) is 6.53. The molecule has 0 amide bonds. The summed E-state index contributed by atoms with van der Waals surface area (Å²) in [6.07, 6.45) is 2.99. The molecule has 138 valence electrons. The molecule has 0 aliphatic carbocycles. The number of rotatable bonds is 5. The molecule has 0 saturated heterocycles. The highest BCUT2D eigenvalue weighted by atomic mass is 32.2. The predicted molar refractivity (Wildman–Crippen MR) is 98.6 cm³/mol. The lowest BCUT2D eigenvalue weighted by Gasteiger charge is -2.13. The zero-order valence-electron chi connectivity index (χ0n) is 15.1. The van der Waals surface area contributed by atoms with E-state index in [0.29, 0.717) is 16.6 Å². The molecule has 0 fully saturated rings. The average molecular weight is 375 g/mol. The molecule has 8 nitrogen and oxygen atoms in total. The van der Waals surface area contributed by atoms with Crippen molar-refractivity contribution in [3.05, 3.63) is 52.7 Å². The van der Waals surface area contributed by atoms with E-state index in [1.165, 1.54) is 37.3 Å². The fraction of sp³-hybridized carbons (Fsp3) is 0.353. The summed E-state index contributed by atoms with van der Waals surface area (Å²) in [4.78, 5) is 17.2. The van der Waals surface area contributed by atoms with Crippen LogP contribution in [0.15, 0.2) is 46.5 Å². The molecule has 26 heavy (non-hydrogen) atoms. The first-order chi connectivity index (χ1) is 12.2. The third-order valence-corrected chi connectivity index (χ3v) is 5.91. The van der Waals surface area contributed by atoms with Gasteiger partial charge in [0.25, 0.3) is 5.56 Å². The topological polar surface area (TPSA) is 90.1 Å². The number of nitrogens with zero attached hydrogens (tertiary/aromatic N) is 5. The molecule has 3 rings (SSSR count). The van der Waals surface area contributed by atoms with Gasteiger partial charge < -0.3 is 0 Å². The van der Waals surface area contributed by atoms with Crippen molar-refractivity contribution in [2.75, 3.05) is 14.1 Å². The Labute approximate surface area is 151 Å². The smallest absolute Gasteiger partial charge is 0.264 e. The van der Waals surface area contributed by atoms with E-state index in [4.69, 9.17) is 0 Å². The number of benzene rings is 1. The number of hydrogen-bond donors (Lipinski definition) is 0. The van der Waals surface area contributed by atoms with E-state index in [0.717, 1.165) is 4.31 Å². The summed E-state index contributed by atoms with van der Waals surface area (Å²) in [6.45, 7) is 4.16. The summed E-state index contributed by atoms with van der Waals surface area (Å²) >= 11 is 0. The highest BCUT2D eigenvalue weighted by Crippen LogP contribution is 2.16. The highest BCUT2D eigenvalue weighted by Gasteiger charge is 2.18. The number of hydrogen-bond acceptors (Lipinski definition) is 5. The van der Waals surface area contributed by atoms with Gasteiger partial charge in [-0.2, -0.15) is 5.10 Å². The normalized spacial score (nSPS) is 12.4. The Morgan fingerprint density at radius 1 is 1.23 bits per heavy atom. The molecule has 0 bridgehead atoms. The van der Waals surface area contributed by atoms with Crippen LogP contribution in [0.3, 0.4) is 0 Å². The average Bonchev–Trinajstić information content (AvgIpc) is 3.02. The van der Waals surface area contributed by atoms with Crippen LogP contribution in [-0.2, 0) is 16.6 Å². The van der Waals surface area contributed by atoms with E-state index < -0.39 is 10.0 Å². The molecule has 2 heterocycles. The van der Waals surface area contributed by atoms with Gasteiger partial charge in [-0.15, -0.1) is 0 Å². The molecule has 0 aliphatic rings. The van der Waals surface area contributed by atoms with Gasteiger partial charge in [0.15, 0.2) is 5.65 Å². The lowest BCUT2D eigenvalue weighted by atomic mass is 10.2. The van der Waals surface area contributed by atoms with Gasteiger partial charge in [-0.05, 0) is 31.5 Å². The number of aromatic nitrogens is 4. The van der Waals surface area contributed by atoms with Gasteiger partial charge in [0.05, 0.1) is 17.6 Å². The van der Waals surface area contributed by atoms with E-state index in [-0.39, 0.29) is 23.0 Å². The summed E-state index contributed by atoms with van der Waals surface area (Å²) in [7, 11) is -0.560. The van der Waals surface area contributed by atoms with Crippen LogP contribution in [0.25, 0.3) is 11.0 Å². The van der Waals surface area contributed by atoms with Crippen molar-refractivity contribution in [2.24, 2.45) is 0 Å². The van der Waals surface area contributed by atoms with Crippen LogP contribution in [0.1, 0.15) is 25.5 Å². The Kier molecular flexibility index (Phi) is 4.68. The molecular formula is C17H21N5O3S. The third kappa shape index (κ3) is 3.15. The standard InChI is InChI=1S/C17H21N5O3S/c1-12(2)22-16-15(9-19-22)17(23)21(11-18-16)10-13-6-5-7-14(8-13)26(24,25)20(3)4/h5-9,11-12H,10H2,1-4H3. The Morgan fingerprint density at radius 2 is 1.96 bits per heavy atom. The van der Waals surface area contributed by atoms with Crippen molar-refractivity contribution >= 4 is 21.1 Å². The van der Waals surface area contributed by atoms with Gasteiger partial charge in [-0.3, -0.25) is 9.36 Å². The molecule has 0 radical (unpaired) electrons. The van der Waals surface area contributed by atoms with Crippen LogP contribution in [-0.4, -0.2) is 46.1 Å². The Bertz CT molecular complexity index is 1110. The molecule has 3 aromatic rings. The summed E-state index contributed by atoms with van der Waals surface area (Å²) in [5.41, 5.74) is 1.04. The molecule has 0 spiro atoms. The Hall–Kier alpha value is -2.52. The van der Waals surface area contributed by atoms with Crippen LogP contribution in [0.2, 0.25) is 0 Å². The van der Waals surface area contributed by atoms with Crippen LogP contribution < -0.4 is 5.56 Å². The lowest BCUT2D eigenvalue weighted by Crippen LogP contribution is -2.23. The summed E-state index contributed by atoms with van der Waals surface area (Å²) < 4.78 is 28.9. The minimum Gasteiger partial charge on any atom is -0.294 e. The second-order valence-corrected chi connectivity index (χ2v) is 8.68. The first-order valence-corrected chi connectivity index (χ1v) is 9.60. The van der Waals surface area contributed by atoms with Crippen molar-refractivity contribution in [3.63, 3.8) is 0 Å². The minimum absolute atomic E-state index is 0.100. The summed E-state index contributed by atoms with van der Waals surface area (Å²) in [5, 5.41) is 4.67. The maximum Gasteiger partial charge on any atom is 0.264 e. The molecule has 0 unspecified atom stereocenters. The molecule has 0 N–H and O–H groups in total. The molecule has 1 aromatic carbocycles. The fourth-order valence-electron chi connectivity index (χ4n) is 2.67. The minimum atomic E-state index is -3.53. The zero-order valence-corrected chi connectivity index (χ0v) is 15.9. The van der Waals surface area contributed by atoms with E-state index in [1.54, 1.807) is 22.9 Å². The van der Waals surface area contributed by atoms with Gasteiger partial charge in [0.1, 0.15) is 11.7 Å². The zero-order chi connectivity index (χ0) is 19.1. The summed E-state index contributed by atoms with van der Waals surface area (Å²) in [5.74, 6) is 0. The molecular weight excluding hydrogens is 354 g/mol. The SMILES string of the molecule is CC(C)n1ncc2c(=O)n(Cc3cccc(S(=O)(=O)N(C)C)c3)cnc21. The van der Waals surface area contributed by atoms with Crippen molar-refractivity contribution in [1.29, 1.82) is 0 Å². The van der Waals surface area contributed by atoms with Crippen molar-refractivity contribution in [3.8, 4) is 0 Å². The van der Waals surface area contributed by atoms with Crippen molar-refractivity contribution in [2.45, 2.75) is 31.3 Å². The molecule has 2 aromatic heterocycles. The van der Waals surface area contributed by atoms with Crippen molar-refractivity contribution in [1.82, 2.24) is 23.6 Å². The van der Waals surface area contributed by atoms with E-state index in [1.807, 2.05) is 13.8 Å². The van der Waals surface area contributed by atoms with E-state index in [2.05, 4.69) is 10.1 Å². The van der Waals surface area contributed by atoms with E-state index >= 15 is 0 Å². The predicted octanol–water partition coefficient (Wildman–Crippen LogP) is 1.47. The van der Waals surface area contributed by atoms with Crippen LogP contribution in [0.5, 0.6) is 0 Å². The number of fused-ring (bicyclic) bond motifs is 1. The van der Waals surface area contributed by atoms with E-state index in [9.17, 15) is 13.2 Å². The first kappa shape index (κ1) is 18.3. The summed E-state index contributed by atoms with van der Waals surface area (Å²) in [6, 6.07) is 6.66. The number of sulfonamides is 1. The van der Waals surface area contributed by atoms with Gasteiger partial charge >= 0.3 is 0 Å².